The Hall–Kier alpha value is -1.26. The predicted molar refractivity (Wildman–Crippen MR) is 177 cm³/mol. The van der Waals surface area contributed by atoms with E-state index in [0.717, 1.165) is 81.5 Å². The molecule has 6 aliphatic rings. The van der Waals surface area contributed by atoms with E-state index in [1.54, 1.807) is 6.08 Å². The van der Waals surface area contributed by atoms with Crippen molar-refractivity contribution in [3.8, 4) is 0 Å². The fourth-order valence-electron chi connectivity index (χ4n) is 11.6. The molecule has 2 aliphatic heterocycles. The number of carbonyl (C=O) groups is 2. The first-order valence-corrected chi connectivity index (χ1v) is 21.1. The summed E-state index contributed by atoms with van der Waals surface area (Å²) in [7, 11) is -1.93. The van der Waals surface area contributed by atoms with E-state index >= 15 is 0 Å². The molecule has 5 fully saturated rings. The molecule has 4 saturated carbocycles. The Morgan fingerprint density at radius 3 is 2.39 bits per heavy atom. The zero-order valence-electron chi connectivity index (χ0n) is 29.5. The second kappa shape index (κ2) is 12.9. The number of carbonyl (C=O) groups excluding carboxylic acids is 2. The first-order valence-electron chi connectivity index (χ1n) is 18.6. The molecule has 2 heterocycles. The van der Waals surface area contributed by atoms with E-state index < -0.39 is 20.2 Å². The van der Waals surface area contributed by atoms with E-state index in [0.29, 0.717) is 30.8 Å². The molecule has 12 atom stereocenters. The molecule has 6 rings (SSSR count). The van der Waals surface area contributed by atoms with Gasteiger partial charge in [-0.05, 0) is 118 Å². The minimum atomic E-state index is -1.93. The topological polar surface area (TPSA) is 101 Å². The van der Waals surface area contributed by atoms with Crippen LogP contribution < -0.4 is 0 Å². The van der Waals surface area contributed by atoms with Gasteiger partial charge in [0.25, 0.3) is 0 Å². The van der Waals surface area contributed by atoms with Crippen LogP contribution in [0, 0.1) is 34.5 Å². The summed E-state index contributed by atoms with van der Waals surface area (Å²) < 4.78 is 31.2. The number of hydrogen-bond acceptors (Lipinski definition) is 8. The third kappa shape index (κ3) is 5.75. The van der Waals surface area contributed by atoms with Gasteiger partial charge in [-0.2, -0.15) is 0 Å². The van der Waals surface area contributed by atoms with Crippen molar-refractivity contribution >= 4 is 20.3 Å². The van der Waals surface area contributed by atoms with Crippen LogP contribution in [0.4, 0.5) is 0 Å². The number of ether oxygens (including phenoxy) is 4. The average Bonchev–Trinajstić information content (AvgIpc) is 3.56. The molecule has 8 nitrogen and oxygen atoms in total. The van der Waals surface area contributed by atoms with Crippen molar-refractivity contribution in [1.82, 2.24) is 0 Å². The lowest BCUT2D eigenvalue weighted by Crippen LogP contribution is -2.62. The Bertz CT molecular complexity index is 1180. The first-order chi connectivity index (χ1) is 21.8. The van der Waals surface area contributed by atoms with Crippen molar-refractivity contribution < 1.29 is 38.1 Å². The predicted octanol–water partition coefficient (Wildman–Crippen LogP) is 7.09. The maximum Gasteiger partial charge on any atom is 0.331 e. The number of fused-ring (bicyclic) bond motifs is 5. The number of aliphatic hydroxyl groups is 1. The highest BCUT2D eigenvalue weighted by Crippen LogP contribution is 2.70. The minimum absolute atomic E-state index is 0.109. The monoisotopic (exact) mass is 660 g/mol. The van der Waals surface area contributed by atoms with E-state index in [4.69, 9.17) is 23.4 Å². The fraction of sp³-hybridized carbons (Fsp3) is 0.892. The molecule has 0 aromatic heterocycles. The average molecular weight is 661 g/mol. The minimum Gasteiger partial charge on any atom is -0.460 e. The smallest absolute Gasteiger partial charge is 0.331 e. The Kier molecular flexibility index (Phi) is 9.69. The summed E-state index contributed by atoms with van der Waals surface area (Å²) in [6.07, 6.45) is 10.1. The summed E-state index contributed by atoms with van der Waals surface area (Å²) in [5.41, 5.74) is 0.367. The lowest BCUT2D eigenvalue weighted by atomic mass is 9.43. The van der Waals surface area contributed by atoms with Gasteiger partial charge in [0.1, 0.15) is 18.8 Å². The van der Waals surface area contributed by atoms with Crippen LogP contribution in [0.2, 0.25) is 18.1 Å². The highest BCUT2D eigenvalue weighted by molar-refractivity contribution is 6.73. The van der Waals surface area contributed by atoms with Crippen molar-refractivity contribution in [3.63, 3.8) is 0 Å². The number of rotatable bonds is 9. The van der Waals surface area contributed by atoms with Crippen LogP contribution in [0.25, 0.3) is 0 Å². The Morgan fingerprint density at radius 1 is 1.00 bits per heavy atom. The maximum atomic E-state index is 12.5. The van der Waals surface area contributed by atoms with Gasteiger partial charge in [0.05, 0.1) is 17.8 Å². The van der Waals surface area contributed by atoms with Gasteiger partial charge in [-0.1, -0.05) is 34.6 Å². The second-order valence-corrected chi connectivity index (χ2v) is 21.0. The van der Waals surface area contributed by atoms with Crippen LogP contribution in [0.3, 0.4) is 0 Å². The molecule has 9 heteroatoms. The van der Waals surface area contributed by atoms with Gasteiger partial charge in [-0.25, -0.2) is 4.79 Å². The van der Waals surface area contributed by atoms with Gasteiger partial charge in [0, 0.05) is 24.8 Å². The maximum absolute atomic E-state index is 12.5. The third-order valence-electron chi connectivity index (χ3n) is 14.5. The van der Waals surface area contributed by atoms with E-state index in [1.165, 1.54) is 6.92 Å². The van der Waals surface area contributed by atoms with Crippen LogP contribution in [0.1, 0.15) is 113 Å². The number of esters is 2. The molecule has 0 unspecified atom stereocenters. The third-order valence-corrected chi connectivity index (χ3v) is 19.2. The van der Waals surface area contributed by atoms with Crippen LogP contribution in [-0.4, -0.2) is 68.3 Å². The molecule has 46 heavy (non-hydrogen) atoms. The summed E-state index contributed by atoms with van der Waals surface area (Å²) >= 11 is 0. The standard InChI is InChI=1S/C37H60O8Si/c1-8-46(9-2,10-3)45-34-23(4)42-33(21-31(34)43-24(5)38)44-27-13-16-35(6)26(20-27)11-12-30-29(35)14-17-36(7)28(15-18-37(30,36)40)25-19-32(39)41-22-25/h19,23,26-31,33-34,40H,8-18,20-22H2,1-7H3/t23-,26+,27-,28+,29-,30+,31-,33-,34+,35-,36+,37-/m0/s1. The van der Waals surface area contributed by atoms with Crippen molar-refractivity contribution in [3.05, 3.63) is 11.6 Å². The summed E-state index contributed by atoms with van der Waals surface area (Å²) in [6, 6.07) is 3.10. The van der Waals surface area contributed by atoms with Gasteiger partial charge in [0.2, 0.25) is 0 Å². The van der Waals surface area contributed by atoms with Gasteiger partial charge < -0.3 is 28.5 Å². The SMILES string of the molecule is CC[Si](CC)(CC)O[C@@H]1[C@H](C)O[C@@H](O[C@H]2CC[C@@]3(C)[C@H](CC[C@@H]4[C@@H]3CC[C@]3(C)[C@@H](C5=CC(=O)OC5)CC[C@]43O)C2)C[C@@H]1OC(C)=O. The van der Waals surface area contributed by atoms with Gasteiger partial charge >= 0.3 is 11.9 Å². The number of hydrogen-bond donors (Lipinski definition) is 1. The lowest BCUT2D eigenvalue weighted by Gasteiger charge is -2.64. The molecular weight excluding hydrogens is 600 g/mol. The highest BCUT2D eigenvalue weighted by Gasteiger charge is 2.67. The largest absolute Gasteiger partial charge is 0.460 e. The molecule has 4 aliphatic carbocycles. The Labute approximate surface area is 277 Å². The van der Waals surface area contributed by atoms with Crippen LogP contribution >= 0.6 is 0 Å². The summed E-state index contributed by atoms with van der Waals surface area (Å²) in [5, 5.41) is 12.5. The molecular formula is C37H60O8Si. The molecule has 0 aromatic carbocycles. The molecule has 260 valence electrons. The van der Waals surface area contributed by atoms with Crippen molar-refractivity contribution in [2.75, 3.05) is 6.61 Å². The Morgan fingerprint density at radius 2 is 1.74 bits per heavy atom. The molecule has 1 saturated heterocycles. The molecule has 0 bridgehead atoms. The van der Waals surface area contributed by atoms with Crippen LogP contribution in [0.5, 0.6) is 0 Å². The Balaban J connectivity index is 1.11. The summed E-state index contributed by atoms with van der Waals surface area (Å²) in [4.78, 5) is 24.1. The molecule has 0 aromatic rings. The lowest BCUT2D eigenvalue weighted by molar-refractivity contribution is -0.271. The molecule has 0 spiro atoms. The zero-order valence-corrected chi connectivity index (χ0v) is 30.5. The van der Waals surface area contributed by atoms with Crippen molar-refractivity contribution in [2.45, 2.75) is 167 Å². The quantitative estimate of drug-likeness (QED) is 0.159. The van der Waals surface area contributed by atoms with Crippen molar-refractivity contribution in [1.29, 1.82) is 0 Å². The first kappa shape index (κ1) is 34.6. The van der Waals surface area contributed by atoms with Gasteiger partial charge in [0.15, 0.2) is 14.6 Å². The van der Waals surface area contributed by atoms with E-state index in [9.17, 15) is 14.7 Å². The van der Waals surface area contributed by atoms with E-state index in [2.05, 4.69) is 34.6 Å². The normalized spacial score (nSPS) is 45.7. The van der Waals surface area contributed by atoms with Gasteiger partial charge in [-0.3, -0.25) is 4.79 Å². The molecule has 0 amide bonds. The highest BCUT2D eigenvalue weighted by atomic mass is 28.4. The summed E-state index contributed by atoms with van der Waals surface area (Å²) in [6.45, 7) is 15.4. The van der Waals surface area contributed by atoms with E-state index in [1.807, 2.05) is 6.92 Å². The number of cyclic esters (lactones) is 1. The second-order valence-electron chi connectivity index (χ2n) is 16.3. The van der Waals surface area contributed by atoms with Crippen LogP contribution in [-0.2, 0) is 33.0 Å². The molecule has 0 radical (unpaired) electrons. The summed E-state index contributed by atoms with van der Waals surface area (Å²) in [5.74, 6) is 1.05. The van der Waals surface area contributed by atoms with E-state index in [-0.39, 0.29) is 53.1 Å². The van der Waals surface area contributed by atoms with Crippen LogP contribution in [0.15, 0.2) is 11.6 Å². The molecule has 1 N–H and O–H groups in total. The zero-order chi connectivity index (χ0) is 33.1. The van der Waals surface area contributed by atoms with Crippen molar-refractivity contribution in [2.24, 2.45) is 34.5 Å². The fourth-order valence-corrected chi connectivity index (χ4v) is 14.5. The van der Waals surface area contributed by atoms with Gasteiger partial charge in [-0.15, -0.1) is 0 Å².